The van der Waals surface area contributed by atoms with Gasteiger partial charge < -0.3 is 0 Å². The molecular formula is C68H64BCoP3-. The van der Waals surface area contributed by atoms with Gasteiger partial charge in [-0.2, -0.15) is 21.9 Å². The molecule has 0 saturated heterocycles. The van der Waals surface area contributed by atoms with Crippen LogP contribution in [-0.4, -0.2) is 24.6 Å². The van der Waals surface area contributed by atoms with Crippen LogP contribution in [0.2, 0.25) is 0 Å². The van der Waals surface area contributed by atoms with Gasteiger partial charge in [0.15, 0.2) is 0 Å². The van der Waals surface area contributed by atoms with Crippen LogP contribution in [0.4, 0.5) is 0 Å². The molecule has 0 heterocycles. The Morgan fingerprint density at radius 3 is 0.575 bits per heavy atom. The molecule has 0 atom stereocenters. The van der Waals surface area contributed by atoms with E-state index in [2.05, 4.69) is 324 Å². The first kappa shape index (κ1) is 54.8. The molecule has 10 aromatic carbocycles. The summed E-state index contributed by atoms with van der Waals surface area (Å²) < 4.78 is 0. The molecule has 0 fully saturated rings. The average molecular weight is 1040 g/mol. The molecule has 0 aliphatic rings. The van der Waals surface area contributed by atoms with Crippen molar-refractivity contribution in [2.24, 2.45) is 5.41 Å². The fourth-order valence-corrected chi connectivity index (χ4v) is 18.7. The quantitative estimate of drug-likeness (QED) is 0.0668. The van der Waals surface area contributed by atoms with E-state index < -0.39 is 29.9 Å². The topological polar surface area (TPSA) is 0 Å². The number of rotatable bonds is 16. The number of hydrogen-bond acceptors (Lipinski definition) is 0. The van der Waals surface area contributed by atoms with Gasteiger partial charge in [0.1, 0.15) is 6.15 Å². The second kappa shape index (κ2) is 28.5. The van der Waals surface area contributed by atoms with E-state index >= 15 is 0 Å². The summed E-state index contributed by atoms with van der Waals surface area (Å²) in [6.45, 7) is 9.11. The third-order valence-corrected chi connectivity index (χ3v) is 22.0. The van der Waals surface area contributed by atoms with E-state index in [0.29, 0.717) is 0 Å². The van der Waals surface area contributed by atoms with Gasteiger partial charge in [-0.05, 0) is 99.8 Å². The van der Waals surface area contributed by atoms with Crippen LogP contribution in [0.25, 0.3) is 0 Å². The summed E-state index contributed by atoms with van der Waals surface area (Å²) in [5.41, 5.74) is 5.43. The average Bonchev–Trinajstić information content (AvgIpc) is 3.46. The Morgan fingerprint density at radius 2 is 0.425 bits per heavy atom. The van der Waals surface area contributed by atoms with Crippen LogP contribution in [0.5, 0.6) is 0 Å². The molecule has 0 amide bonds. The molecule has 4 radical (unpaired) electrons. The summed E-state index contributed by atoms with van der Waals surface area (Å²) >= 11 is 0. The van der Waals surface area contributed by atoms with Crippen LogP contribution in [-0.2, 0) is 16.8 Å². The van der Waals surface area contributed by atoms with Gasteiger partial charge in [0.05, 0.1) is 0 Å². The van der Waals surface area contributed by atoms with Gasteiger partial charge >= 0.3 is 0 Å². The van der Waals surface area contributed by atoms with Crippen molar-refractivity contribution in [3.8, 4) is 0 Å². The molecule has 0 aliphatic carbocycles. The van der Waals surface area contributed by atoms with Crippen molar-refractivity contribution in [3.63, 3.8) is 0 Å². The van der Waals surface area contributed by atoms with Gasteiger partial charge in [0, 0.05) is 16.8 Å². The van der Waals surface area contributed by atoms with E-state index in [9.17, 15) is 0 Å². The molecule has 10 rings (SSSR count). The van der Waals surface area contributed by atoms with Gasteiger partial charge in [-0.15, -0.1) is 0 Å². The zero-order chi connectivity index (χ0) is 49.7. The molecule has 0 nitrogen and oxygen atoms in total. The molecule has 73 heavy (non-hydrogen) atoms. The second-order valence-electron chi connectivity index (χ2n) is 18.4. The van der Waals surface area contributed by atoms with Crippen LogP contribution in [0.3, 0.4) is 0 Å². The van der Waals surface area contributed by atoms with Crippen molar-refractivity contribution in [3.05, 3.63) is 324 Å². The molecule has 0 spiro atoms. The second-order valence-corrected chi connectivity index (χ2v) is 25.0. The van der Waals surface area contributed by atoms with Crippen molar-refractivity contribution in [2.45, 2.75) is 6.92 Å². The molecule has 0 saturated carbocycles. The largest absolute Gasteiger partial charge is 0.195 e. The molecule has 0 bridgehead atoms. The predicted octanol–water partition coefficient (Wildman–Crippen LogP) is 12.3. The Labute approximate surface area is 451 Å². The zero-order valence-corrected chi connectivity index (χ0v) is 45.5. The number of hydrogen-bond donors (Lipinski definition) is 0. The summed E-state index contributed by atoms with van der Waals surface area (Å²) in [4.78, 5) is 0. The molecular weight excluding hydrogens is 979 g/mol. The monoisotopic (exact) mass is 1040 g/mol. The first-order valence-corrected chi connectivity index (χ1v) is 29.5. The maximum Gasteiger partial charge on any atom is 0.108 e. The van der Waals surface area contributed by atoms with E-state index in [1.807, 2.05) is 0 Å². The molecule has 0 unspecified atom stereocenters. The Morgan fingerprint density at radius 1 is 0.288 bits per heavy atom. The molecule has 0 aromatic heterocycles. The predicted molar refractivity (Wildman–Crippen MR) is 325 cm³/mol. The third kappa shape index (κ3) is 14.4. The van der Waals surface area contributed by atoms with Gasteiger partial charge in [-0.25, -0.2) is 0 Å². The van der Waals surface area contributed by atoms with E-state index in [1.54, 1.807) is 0 Å². The summed E-state index contributed by atoms with van der Waals surface area (Å²) in [6, 6.07) is 111. The first-order valence-electron chi connectivity index (χ1n) is 24.9. The Balaban J connectivity index is 0.000000227. The van der Waals surface area contributed by atoms with E-state index in [-0.39, 0.29) is 22.2 Å². The van der Waals surface area contributed by atoms with Crippen molar-refractivity contribution in [1.29, 1.82) is 0 Å². The molecule has 0 aliphatic heterocycles. The minimum absolute atomic E-state index is 0. The number of benzene rings is 10. The van der Waals surface area contributed by atoms with Crippen LogP contribution in [0, 0.1) is 25.7 Å². The maximum atomic E-state index is 3.25. The van der Waals surface area contributed by atoms with Crippen LogP contribution >= 0.6 is 23.8 Å². The fraction of sp³-hybridized carbons (Fsp3) is 0.0735. The van der Waals surface area contributed by atoms with Crippen molar-refractivity contribution < 1.29 is 16.8 Å². The van der Waals surface area contributed by atoms with Crippen LogP contribution in [0.15, 0.2) is 303 Å². The molecule has 0 N–H and O–H groups in total. The summed E-state index contributed by atoms with van der Waals surface area (Å²) in [6.07, 6.45) is 3.72. The Bertz CT molecular complexity index is 2540. The van der Waals surface area contributed by atoms with Gasteiger partial charge in [0.25, 0.3) is 0 Å². The van der Waals surface area contributed by atoms with Crippen LogP contribution in [0.1, 0.15) is 6.92 Å². The SMILES string of the molecule is CC(CP(c1ccccc1)c1ccccc1)(CP(c1ccccc1)c1ccccc1)CP(c1ccccc1)c1ccccc1.[CH2][CH][CH2].[Co].c1ccc([B-](c2ccccc2)(c2ccccc2)c2ccccc2)cc1. The minimum atomic E-state index is -1.22. The Hall–Kier alpha value is -5.94. The van der Waals surface area contributed by atoms with Crippen LogP contribution < -0.4 is 53.7 Å². The van der Waals surface area contributed by atoms with Crippen molar-refractivity contribution >= 4 is 83.6 Å². The summed E-state index contributed by atoms with van der Waals surface area (Å²) in [7, 11) is -1.66. The maximum absolute atomic E-state index is 3.25. The zero-order valence-electron chi connectivity index (χ0n) is 41.7. The van der Waals surface area contributed by atoms with E-state index in [0.717, 1.165) is 18.5 Å². The fourth-order valence-electron chi connectivity index (χ4n) is 10.1. The standard InChI is InChI=1S/C41H39P3.C24H20B.C3H5.Co/c1-41(32-42(35-20-8-2-9-21-35)36-22-10-3-11-23-36,33-43(37-24-12-4-13-25-37)38-26-14-5-15-27-38)34-44(39-28-16-6-17-29-39)40-30-18-7-19-31-40;1-5-13-21(14-6-1)25(22-15-7-2-8-16-22,23-17-9-3-10-18-23)24-19-11-4-12-20-24;1-3-2;/h2-31H,32-34H2,1H3;1-20H;3H,1-2H2;/q;-1;;. The van der Waals surface area contributed by atoms with Crippen molar-refractivity contribution in [2.75, 3.05) is 18.5 Å². The molecule has 5 heteroatoms. The molecule has 10 aromatic rings. The van der Waals surface area contributed by atoms with Gasteiger partial charge in [0.2, 0.25) is 0 Å². The minimum Gasteiger partial charge on any atom is -0.195 e. The normalized spacial score (nSPS) is 11.2. The van der Waals surface area contributed by atoms with E-state index in [4.69, 9.17) is 0 Å². The smallest absolute Gasteiger partial charge is 0.108 e. The summed E-state index contributed by atoms with van der Waals surface area (Å²) in [5.74, 6) is 0. The van der Waals surface area contributed by atoms with E-state index in [1.165, 1.54) is 60.1 Å². The first-order chi connectivity index (χ1) is 35.5. The van der Waals surface area contributed by atoms with Crippen molar-refractivity contribution in [1.82, 2.24) is 0 Å². The molecule has 364 valence electrons. The van der Waals surface area contributed by atoms with Gasteiger partial charge in [-0.1, -0.05) is 310 Å². The Kier molecular flexibility index (Phi) is 21.4. The summed E-state index contributed by atoms with van der Waals surface area (Å²) in [5, 5.41) is 8.79. The third-order valence-electron chi connectivity index (χ3n) is 13.2. The van der Waals surface area contributed by atoms with Gasteiger partial charge in [-0.3, -0.25) is 0 Å².